The minimum Gasteiger partial charge on any atom is -0.396 e. The fourth-order valence-corrected chi connectivity index (χ4v) is 2.55. The van der Waals surface area contributed by atoms with Gasteiger partial charge in [-0.25, -0.2) is 0 Å². The summed E-state index contributed by atoms with van der Waals surface area (Å²) in [5.74, 6) is 0. The lowest BCUT2D eigenvalue weighted by molar-refractivity contribution is 0.00255. The minimum atomic E-state index is 0.232. The van der Waals surface area contributed by atoms with Gasteiger partial charge in [0, 0.05) is 32.8 Å². The molecule has 106 valence electrons. The molecule has 1 aliphatic rings. The van der Waals surface area contributed by atoms with E-state index in [1.54, 1.807) is 0 Å². The van der Waals surface area contributed by atoms with E-state index in [1.807, 2.05) is 0 Å². The van der Waals surface area contributed by atoms with Gasteiger partial charge in [0.1, 0.15) is 0 Å². The molecule has 1 heterocycles. The van der Waals surface area contributed by atoms with Crippen LogP contribution in [0.2, 0.25) is 0 Å². The lowest BCUT2D eigenvalue weighted by Gasteiger charge is -2.31. The number of aliphatic hydroxyl groups is 1. The van der Waals surface area contributed by atoms with E-state index in [4.69, 9.17) is 9.84 Å². The van der Waals surface area contributed by atoms with E-state index >= 15 is 0 Å². The van der Waals surface area contributed by atoms with Crippen LogP contribution in [-0.2, 0) is 11.2 Å². The molecule has 0 aliphatic carbocycles. The predicted molar refractivity (Wildman–Crippen MR) is 77.3 cm³/mol. The molecule has 1 aromatic carbocycles. The van der Waals surface area contributed by atoms with E-state index < -0.39 is 0 Å². The number of hydrogen-bond acceptors (Lipinski definition) is 3. The van der Waals surface area contributed by atoms with Crippen LogP contribution in [0.4, 0.5) is 0 Å². The van der Waals surface area contributed by atoms with E-state index in [2.05, 4.69) is 35.2 Å². The van der Waals surface area contributed by atoms with Crippen LogP contribution in [0.1, 0.15) is 24.8 Å². The van der Waals surface area contributed by atoms with Crippen molar-refractivity contribution in [3.63, 3.8) is 0 Å². The van der Waals surface area contributed by atoms with Gasteiger partial charge in [-0.1, -0.05) is 30.3 Å². The third-order valence-corrected chi connectivity index (χ3v) is 3.75. The maximum atomic E-state index is 8.73. The van der Waals surface area contributed by atoms with Crippen molar-refractivity contribution >= 4 is 0 Å². The Morgan fingerprint density at radius 1 is 1.16 bits per heavy atom. The average molecular weight is 263 g/mol. The molecule has 0 spiro atoms. The Labute approximate surface area is 116 Å². The van der Waals surface area contributed by atoms with Gasteiger partial charge in [-0.3, -0.25) is 0 Å². The zero-order valence-electron chi connectivity index (χ0n) is 11.6. The molecular formula is C16H25NO2. The molecule has 0 saturated carbocycles. The number of aliphatic hydroxyl groups excluding tert-OH is 1. The standard InChI is InChI=1S/C16H25NO2/c18-13-4-14-19-16-8-11-17(12-9-16)10-7-15-5-2-1-3-6-15/h1-3,5-6,16,18H,4,7-14H2. The first-order chi connectivity index (χ1) is 9.38. The van der Waals surface area contributed by atoms with E-state index in [9.17, 15) is 0 Å². The van der Waals surface area contributed by atoms with Crippen LogP contribution < -0.4 is 0 Å². The smallest absolute Gasteiger partial charge is 0.0599 e. The first-order valence-corrected chi connectivity index (χ1v) is 7.37. The number of hydrogen-bond donors (Lipinski definition) is 1. The van der Waals surface area contributed by atoms with Gasteiger partial charge < -0.3 is 14.7 Å². The van der Waals surface area contributed by atoms with Crippen LogP contribution >= 0.6 is 0 Å². The zero-order chi connectivity index (χ0) is 13.3. The number of likely N-dealkylation sites (tertiary alicyclic amines) is 1. The van der Waals surface area contributed by atoms with Crippen molar-refractivity contribution in [1.29, 1.82) is 0 Å². The Balaban J connectivity index is 1.61. The van der Waals surface area contributed by atoms with Crippen molar-refractivity contribution in [2.75, 3.05) is 32.8 Å². The molecule has 1 saturated heterocycles. The minimum absolute atomic E-state index is 0.232. The van der Waals surface area contributed by atoms with Gasteiger partial charge >= 0.3 is 0 Å². The molecule has 1 fully saturated rings. The molecule has 19 heavy (non-hydrogen) atoms. The summed E-state index contributed by atoms with van der Waals surface area (Å²) in [5.41, 5.74) is 1.42. The van der Waals surface area contributed by atoms with E-state index in [-0.39, 0.29) is 6.61 Å². The lowest BCUT2D eigenvalue weighted by Crippen LogP contribution is -2.38. The highest BCUT2D eigenvalue weighted by molar-refractivity contribution is 5.14. The molecular weight excluding hydrogens is 238 g/mol. The van der Waals surface area contributed by atoms with E-state index in [0.29, 0.717) is 12.7 Å². The van der Waals surface area contributed by atoms with Gasteiger partial charge in [-0.15, -0.1) is 0 Å². The van der Waals surface area contributed by atoms with Crippen molar-refractivity contribution in [1.82, 2.24) is 4.90 Å². The van der Waals surface area contributed by atoms with Gasteiger partial charge in [0.15, 0.2) is 0 Å². The number of ether oxygens (including phenoxy) is 1. The third-order valence-electron chi connectivity index (χ3n) is 3.75. The molecule has 0 amide bonds. The molecule has 1 aromatic rings. The maximum absolute atomic E-state index is 8.73. The van der Waals surface area contributed by atoms with Gasteiger partial charge in [-0.05, 0) is 31.2 Å². The predicted octanol–water partition coefficient (Wildman–Crippen LogP) is 2.09. The highest BCUT2D eigenvalue weighted by atomic mass is 16.5. The van der Waals surface area contributed by atoms with Crippen LogP contribution in [0.5, 0.6) is 0 Å². The van der Waals surface area contributed by atoms with Gasteiger partial charge in [0.05, 0.1) is 6.10 Å². The third kappa shape index (κ3) is 5.31. The molecule has 1 N–H and O–H groups in total. The average Bonchev–Trinajstić information content (AvgIpc) is 2.48. The largest absolute Gasteiger partial charge is 0.396 e. The molecule has 3 nitrogen and oxygen atoms in total. The summed E-state index contributed by atoms with van der Waals surface area (Å²) in [5, 5.41) is 8.73. The molecule has 3 heteroatoms. The van der Waals surface area contributed by atoms with Crippen LogP contribution in [0.3, 0.4) is 0 Å². The summed E-state index contributed by atoms with van der Waals surface area (Å²) in [6.07, 6.45) is 4.55. The summed E-state index contributed by atoms with van der Waals surface area (Å²) >= 11 is 0. The Morgan fingerprint density at radius 2 is 1.89 bits per heavy atom. The first-order valence-electron chi connectivity index (χ1n) is 7.37. The summed E-state index contributed by atoms with van der Waals surface area (Å²) in [6.45, 7) is 4.35. The molecule has 0 aromatic heterocycles. The highest BCUT2D eigenvalue weighted by Gasteiger charge is 2.18. The maximum Gasteiger partial charge on any atom is 0.0599 e. The Bertz CT molecular complexity index is 334. The fraction of sp³-hybridized carbons (Fsp3) is 0.625. The number of benzene rings is 1. The molecule has 0 bridgehead atoms. The second-order valence-electron chi connectivity index (χ2n) is 5.22. The van der Waals surface area contributed by atoms with Gasteiger partial charge in [0.25, 0.3) is 0 Å². The molecule has 1 aliphatic heterocycles. The second kappa shape index (κ2) is 8.31. The number of rotatable bonds is 7. The fourth-order valence-electron chi connectivity index (χ4n) is 2.55. The van der Waals surface area contributed by atoms with Crippen molar-refractivity contribution in [3.8, 4) is 0 Å². The van der Waals surface area contributed by atoms with Crippen LogP contribution in [0, 0.1) is 0 Å². The molecule has 0 radical (unpaired) electrons. The quantitative estimate of drug-likeness (QED) is 0.765. The summed E-state index contributed by atoms with van der Waals surface area (Å²) in [6, 6.07) is 10.7. The normalized spacial score (nSPS) is 17.7. The van der Waals surface area contributed by atoms with E-state index in [0.717, 1.165) is 45.3 Å². The Kier molecular flexibility index (Phi) is 6.34. The SMILES string of the molecule is OCCCOC1CCN(CCc2ccccc2)CC1. The lowest BCUT2D eigenvalue weighted by atomic mass is 10.1. The van der Waals surface area contributed by atoms with Crippen molar-refractivity contribution < 1.29 is 9.84 Å². The molecule has 2 rings (SSSR count). The summed E-state index contributed by atoms with van der Waals surface area (Å²) in [7, 11) is 0. The molecule has 0 atom stereocenters. The highest BCUT2D eigenvalue weighted by Crippen LogP contribution is 2.14. The summed E-state index contributed by atoms with van der Waals surface area (Å²) < 4.78 is 5.75. The van der Waals surface area contributed by atoms with Crippen LogP contribution in [0.25, 0.3) is 0 Å². The van der Waals surface area contributed by atoms with Crippen molar-refractivity contribution in [3.05, 3.63) is 35.9 Å². The van der Waals surface area contributed by atoms with Crippen LogP contribution in [-0.4, -0.2) is 49.0 Å². The van der Waals surface area contributed by atoms with Crippen molar-refractivity contribution in [2.45, 2.75) is 31.8 Å². The zero-order valence-corrected chi connectivity index (χ0v) is 11.6. The number of nitrogens with zero attached hydrogens (tertiary/aromatic N) is 1. The van der Waals surface area contributed by atoms with Crippen LogP contribution in [0.15, 0.2) is 30.3 Å². The molecule has 0 unspecified atom stereocenters. The first kappa shape index (κ1) is 14.5. The monoisotopic (exact) mass is 263 g/mol. The Morgan fingerprint density at radius 3 is 2.58 bits per heavy atom. The van der Waals surface area contributed by atoms with Crippen molar-refractivity contribution in [2.24, 2.45) is 0 Å². The van der Waals surface area contributed by atoms with Gasteiger partial charge in [-0.2, -0.15) is 0 Å². The Hall–Kier alpha value is -0.900. The van der Waals surface area contributed by atoms with E-state index in [1.165, 1.54) is 5.56 Å². The number of piperidine rings is 1. The topological polar surface area (TPSA) is 32.7 Å². The summed E-state index contributed by atoms with van der Waals surface area (Å²) in [4.78, 5) is 2.53. The van der Waals surface area contributed by atoms with Gasteiger partial charge in [0.2, 0.25) is 0 Å². The second-order valence-corrected chi connectivity index (χ2v) is 5.22.